The molecule has 1 N–H and O–H groups in total. The summed E-state index contributed by atoms with van der Waals surface area (Å²) >= 11 is 11.8. The third-order valence-electron chi connectivity index (χ3n) is 3.27. The van der Waals surface area contributed by atoms with Gasteiger partial charge in [0.15, 0.2) is 0 Å². The standard InChI is InChI=1S/C16H23Cl2NO2/c1-3-8-19(9-4-2)10-5-11-21-16(20)14-7-6-13(17)12-15(14)18/h6-7,12H,3-5,8-11H2,1-2H3/p+1. The summed E-state index contributed by atoms with van der Waals surface area (Å²) in [6.45, 7) is 8.18. The zero-order valence-electron chi connectivity index (χ0n) is 12.8. The molecule has 21 heavy (non-hydrogen) atoms. The maximum absolute atomic E-state index is 11.9. The van der Waals surface area contributed by atoms with Crippen LogP contribution in [0.15, 0.2) is 18.2 Å². The van der Waals surface area contributed by atoms with Crippen molar-refractivity contribution in [2.45, 2.75) is 33.1 Å². The molecule has 0 aromatic heterocycles. The van der Waals surface area contributed by atoms with Crippen molar-refractivity contribution in [2.24, 2.45) is 0 Å². The van der Waals surface area contributed by atoms with Crippen molar-refractivity contribution in [1.29, 1.82) is 0 Å². The number of carbonyl (C=O) groups is 1. The lowest BCUT2D eigenvalue weighted by molar-refractivity contribution is -0.900. The van der Waals surface area contributed by atoms with Crippen LogP contribution in [0.2, 0.25) is 10.0 Å². The number of ether oxygens (including phenoxy) is 1. The Kier molecular flexibility index (Phi) is 8.74. The molecule has 0 aliphatic heterocycles. The molecule has 0 bridgehead atoms. The van der Waals surface area contributed by atoms with Crippen molar-refractivity contribution < 1.29 is 14.4 Å². The van der Waals surface area contributed by atoms with E-state index in [1.165, 1.54) is 25.9 Å². The van der Waals surface area contributed by atoms with Gasteiger partial charge in [-0.1, -0.05) is 37.0 Å². The van der Waals surface area contributed by atoms with Gasteiger partial charge in [0.2, 0.25) is 0 Å². The summed E-state index contributed by atoms with van der Waals surface area (Å²) in [6, 6.07) is 4.78. The number of hydrogen-bond donors (Lipinski definition) is 1. The molecule has 0 saturated carbocycles. The molecule has 5 heteroatoms. The lowest BCUT2D eigenvalue weighted by Gasteiger charge is -2.17. The second-order valence-corrected chi connectivity index (χ2v) is 5.96. The minimum absolute atomic E-state index is 0.330. The molecule has 0 atom stereocenters. The van der Waals surface area contributed by atoms with Crippen LogP contribution in [0.25, 0.3) is 0 Å². The number of carbonyl (C=O) groups excluding carboxylic acids is 1. The van der Waals surface area contributed by atoms with Crippen molar-refractivity contribution in [1.82, 2.24) is 0 Å². The van der Waals surface area contributed by atoms with Crippen LogP contribution in [0.1, 0.15) is 43.5 Å². The first-order chi connectivity index (χ1) is 10.1. The van der Waals surface area contributed by atoms with E-state index in [9.17, 15) is 4.79 Å². The van der Waals surface area contributed by atoms with Gasteiger partial charge in [0, 0.05) is 11.4 Å². The molecule has 0 fully saturated rings. The van der Waals surface area contributed by atoms with E-state index in [0.717, 1.165) is 13.0 Å². The van der Waals surface area contributed by atoms with Gasteiger partial charge in [-0.2, -0.15) is 0 Å². The molecule has 1 rings (SSSR count). The SMILES string of the molecule is CCC[NH+](CCC)CCCOC(=O)c1ccc(Cl)cc1Cl. The molecule has 0 heterocycles. The Labute approximate surface area is 137 Å². The number of rotatable bonds is 9. The van der Waals surface area contributed by atoms with Crippen molar-refractivity contribution in [3.63, 3.8) is 0 Å². The van der Waals surface area contributed by atoms with Gasteiger partial charge in [-0.3, -0.25) is 0 Å². The van der Waals surface area contributed by atoms with E-state index in [4.69, 9.17) is 27.9 Å². The number of halogens is 2. The largest absolute Gasteiger partial charge is 0.462 e. The number of nitrogens with one attached hydrogen (secondary N) is 1. The van der Waals surface area contributed by atoms with Crippen LogP contribution in [0.3, 0.4) is 0 Å². The molecule has 0 aliphatic rings. The Hall–Kier alpha value is -0.770. The highest BCUT2D eigenvalue weighted by Crippen LogP contribution is 2.21. The van der Waals surface area contributed by atoms with Gasteiger partial charge in [-0.05, 0) is 31.0 Å². The van der Waals surface area contributed by atoms with E-state index in [2.05, 4.69) is 13.8 Å². The van der Waals surface area contributed by atoms with E-state index in [1.807, 2.05) is 0 Å². The summed E-state index contributed by atoms with van der Waals surface area (Å²) in [5.74, 6) is -0.385. The second-order valence-electron chi connectivity index (χ2n) is 5.11. The summed E-state index contributed by atoms with van der Waals surface area (Å²) in [4.78, 5) is 13.5. The van der Waals surface area contributed by atoms with Crippen LogP contribution in [0.5, 0.6) is 0 Å². The Morgan fingerprint density at radius 3 is 2.38 bits per heavy atom. The van der Waals surface area contributed by atoms with Gasteiger partial charge in [0.05, 0.1) is 36.8 Å². The normalized spacial score (nSPS) is 10.9. The van der Waals surface area contributed by atoms with Crippen LogP contribution in [-0.4, -0.2) is 32.2 Å². The Morgan fingerprint density at radius 1 is 1.14 bits per heavy atom. The molecule has 0 spiro atoms. The van der Waals surface area contributed by atoms with Crippen molar-refractivity contribution in [3.8, 4) is 0 Å². The van der Waals surface area contributed by atoms with Gasteiger partial charge in [-0.15, -0.1) is 0 Å². The Balaban J connectivity index is 2.36. The molecule has 0 amide bonds. The molecule has 1 aromatic carbocycles. The minimum atomic E-state index is -0.385. The Bertz CT molecular complexity index is 446. The topological polar surface area (TPSA) is 30.7 Å². The van der Waals surface area contributed by atoms with Crippen LogP contribution in [0.4, 0.5) is 0 Å². The number of hydrogen-bond acceptors (Lipinski definition) is 2. The number of benzene rings is 1. The average Bonchev–Trinajstić information content (AvgIpc) is 2.43. The summed E-state index contributed by atoms with van der Waals surface area (Å²) < 4.78 is 5.28. The fraction of sp³-hybridized carbons (Fsp3) is 0.562. The maximum atomic E-state index is 11.9. The van der Waals surface area contributed by atoms with Gasteiger partial charge in [-0.25, -0.2) is 4.79 Å². The molecule has 3 nitrogen and oxygen atoms in total. The monoisotopic (exact) mass is 332 g/mol. The van der Waals surface area contributed by atoms with Crippen LogP contribution < -0.4 is 4.90 Å². The average molecular weight is 333 g/mol. The van der Waals surface area contributed by atoms with E-state index in [1.54, 1.807) is 23.1 Å². The zero-order valence-corrected chi connectivity index (χ0v) is 14.3. The molecule has 0 radical (unpaired) electrons. The first-order valence-electron chi connectivity index (χ1n) is 7.54. The molecular weight excluding hydrogens is 309 g/mol. The molecule has 0 saturated heterocycles. The van der Waals surface area contributed by atoms with Gasteiger partial charge in [0.1, 0.15) is 0 Å². The van der Waals surface area contributed by atoms with E-state index < -0.39 is 0 Å². The molecule has 0 unspecified atom stereocenters. The molecule has 1 aromatic rings. The van der Waals surface area contributed by atoms with E-state index >= 15 is 0 Å². The highest BCUT2D eigenvalue weighted by Gasteiger charge is 2.12. The van der Waals surface area contributed by atoms with E-state index in [-0.39, 0.29) is 5.97 Å². The lowest BCUT2D eigenvalue weighted by Crippen LogP contribution is -3.12. The zero-order chi connectivity index (χ0) is 15.7. The predicted octanol–water partition coefficient (Wildman–Crippen LogP) is 3.25. The Morgan fingerprint density at radius 2 is 1.81 bits per heavy atom. The fourth-order valence-corrected chi connectivity index (χ4v) is 2.79. The molecular formula is C16H24Cl2NO2+. The van der Waals surface area contributed by atoms with Crippen LogP contribution in [-0.2, 0) is 4.74 Å². The van der Waals surface area contributed by atoms with Gasteiger partial charge >= 0.3 is 5.97 Å². The summed E-state index contributed by atoms with van der Waals surface area (Å²) in [5.41, 5.74) is 0.368. The molecule has 0 aliphatic carbocycles. The highest BCUT2D eigenvalue weighted by atomic mass is 35.5. The molecule has 118 valence electrons. The van der Waals surface area contributed by atoms with Crippen molar-refractivity contribution >= 4 is 29.2 Å². The maximum Gasteiger partial charge on any atom is 0.339 e. The van der Waals surface area contributed by atoms with Crippen LogP contribution >= 0.6 is 23.2 Å². The third kappa shape index (κ3) is 6.68. The first kappa shape index (κ1) is 18.3. The summed E-state index contributed by atoms with van der Waals surface area (Å²) in [5, 5.41) is 0.839. The van der Waals surface area contributed by atoms with Gasteiger partial charge < -0.3 is 9.64 Å². The lowest BCUT2D eigenvalue weighted by atomic mass is 10.2. The number of esters is 1. The third-order valence-corrected chi connectivity index (χ3v) is 3.81. The highest BCUT2D eigenvalue weighted by molar-refractivity contribution is 6.36. The fourth-order valence-electron chi connectivity index (χ4n) is 2.30. The minimum Gasteiger partial charge on any atom is -0.462 e. The van der Waals surface area contributed by atoms with E-state index in [0.29, 0.717) is 22.2 Å². The first-order valence-corrected chi connectivity index (χ1v) is 8.29. The summed E-state index contributed by atoms with van der Waals surface area (Å²) in [7, 11) is 0. The second kappa shape index (κ2) is 10.0. The smallest absolute Gasteiger partial charge is 0.339 e. The predicted molar refractivity (Wildman–Crippen MR) is 87.5 cm³/mol. The van der Waals surface area contributed by atoms with Gasteiger partial charge in [0.25, 0.3) is 0 Å². The quantitative estimate of drug-likeness (QED) is 0.556. The van der Waals surface area contributed by atoms with Crippen molar-refractivity contribution in [2.75, 3.05) is 26.2 Å². The van der Waals surface area contributed by atoms with Crippen LogP contribution in [0, 0.1) is 0 Å². The summed E-state index contributed by atoms with van der Waals surface area (Å²) in [6.07, 6.45) is 3.22. The van der Waals surface area contributed by atoms with Crippen molar-refractivity contribution in [3.05, 3.63) is 33.8 Å². The number of quaternary nitrogens is 1.